The van der Waals surface area contributed by atoms with Crippen molar-refractivity contribution in [2.75, 3.05) is 5.32 Å². The third-order valence-electron chi connectivity index (χ3n) is 4.21. The molecule has 0 aliphatic carbocycles. The average Bonchev–Trinajstić information content (AvgIpc) is 2.70. The molecule has 0 bridgehead atoms. The Kier molecular flexibility index (Phi) is 6.66. The van der Waals surface area contributed by atoms with Crippen molar-refractivity contribution in [2.45, 2.75) is 19.4 Å². The predicted molar refractivity (Wildman–Crippen MR) is 119 cm³/mol. The Bertz CT molecular complexity index is 1080. The summed E-state index contributed by atoms with van der Waals surface area (Å²) in [7, 11) is 0. The van der Waals surface area contributed by atoms with Crippen molar-refractivity contribution in [1.29, 1.82) is 0 Å². The first kappa shape index (κ1) is 22.1. The number of hydrogen-bond acceptors (Lipinski definition) is 4. The summed E-state index contributed by atoms with van der Waals surface area (Å²) in [4.78, 5) is 29.1. The molecule has 1 amide bonds. The molecule has 0 spiro atoms. The van der Waals surface area contributed by atoms with Gasteiger partial charge in [0.2, 0.25) is 0 Å². The maximum atomic E-state index is 12.6. The van der Waals surface area contributed by atoms with E-state index in [9.17, 15) is 9.59 Å². The number of nitrogens with one attached hydrogen (secondary N) is 1. The highest BCUT2D eigenvalue weighted by Crippen LogP contribution is 2.25. The van der Waals surface area contributed by atoms with E-state index in [0.29, 0.717) is 27.6 Å². The van der Waals surface area contributed by atoms with Gasteiger partial charge in [-0.3, -0.25) is 9.59 Å². The molecule has 0 aliphatic rings. The molecule has 1 aromatic heterocycles. The summed E-state index contributed by atoms with van der Waals surface area (Å²) < 4.78 is 5.83. The Labute approximate surface area is 188 Å². The smallest absolute Gasteiger partial charge is 0.268 e. The van der Waals surface area contributed by atoms with E-state index in [1.165, 1.54) is 6.07 Å². The van der Waals surface area contributed by atoms with Gasteiger partial charge in [0.25, 0.3) is 5.91 Å². The molecule has 0 saturated heterocycles. The normalized spacial score (nSPS) is 11.1. The standard InChI is InChI=1S/C22H17Cl3N2O3/c1-22(2,21(29)26-17-11-12-18(24)27-20(17)25)30-16-9-5-14(6-10-16)19(28)13-3-7-15(23)8-4-13/h3-12H,1-2H3,(H,26,29). The molecule has 1 N–H and O–H groups in total. The quantitative estimate of drug-likeness (QED) is 0.356. The SMILES string of the molecule is CC(C)(Oc1ccc(C(=O)c2ccc(Cl)cc2)cc1)C(=O)Nc1ccc(Cl)nc1Cl. The number of benzene rings is 2. The Morgan fingerprint density at radius 1 is 0.867 bits per heavy atom. The first-order chi connectivity index (χ1) is 14.2. The number of nitrogens with zero attached hydrogens (tertiary/aromatic N) is 1. The van der Waals surface area contributed by atoms with Crippen LogP contribution in [0.15, 0.2) is 60.7 Å². The van der Waals surface area contributed by atoms with E-state index >= 15 is 0 Å². The highest BCUT2D eigenvalue weighted by atomic mass is 35.5. The number of ketones is 1. The second kappa shape index (κ2) is 9.04. The van der Waals surface area contributed by atoms with Gasteiger partial charge in [-0.1, -0.05) is 34.8 Å². The highest BCUT2D eigenvalue weighted by Gasteiger charge is 2.30. The molecule has 3 rings (SSSR count). The fourth-order valence-electron chi connectivity index (χ4n) is 2.56. The summed E-state index contributed by atoms with van der Waals surface area (Å²) in [5.74, 6) is -0.127. The molecule has 0 atom stereocenters. The van der Waals surface area contributed by atoms with Crippen LogP contribution in [-0.2, 0) is 4.79 Å². The zero-order valence-corrected chi connectivity index (χ0v) is 18.3. The summed E-state index contributed by atoms with van der Waals surface area (Å²) >= 11 is 17.6. The monoisotopic (exact) mass is 462 g/mol. The van der Waals surface area contributed by atoms with E-state index < -0.39 is 11.5 Å². The number of amides is 1. The van der Waals surface area contributed by atoms with Crippen molar-refractivity contribution >= 4 is 52.2 Å². The molecule has 0 radical (unpaired) electrons. The lowest BCUT2D eigenvalue weighted by atomic mass is 10.0. The third-order valence-corrected chi connectivity index (χ3v) is 4.96. The van der Waals surface area contributed by atoms with Gasteiger partial charge in [-0.2, -0.15) is 0 Å². The van der Waals surface area contributed by atoms with Gasteiger partial charge in [-0.25, -0.2) is 4.98 Å². The zero-order valence-electron chi connectivity index (χ0n) is 16.1. The highest BCUT2D eigenvalue weighted by molar-refractivity contribution is 6.34. The molecular formula is C22H17Cl3N2O3. The summed E-state index contributed by atoms with van der Waals surface area (Å²) in [6.07, 6.45) is 0. The molecule has 0 unspecified atom stereocenters. The van der Waals surface area contributed by atoms with Crippen LogP contribution in [0.1, 0.15) is 29.8 Å². The van der Waals surface area contributed by atoms with Gasteiger partial charge in [0.15, 0.2) is 16.5 Å². The Morgan fingerprint density at radius 2 is 1.43 bits per heavy atom. The van der Waals surface area contributed by atoms with Crippen LogP contribution in [0.3, 0.4) is 0 Å². The molecule has 154 valence electrons. The first-order valence-electron chi connectivity index (χ1n) is 8.88. The minimum atomic E-state index is -1.22. The summed E-state index contributed by atoms with van der Waals surface area (Å²) in [6, 6.07) is 16.3. The number of halogens is 3. The molecule has 1 heterocycles. The first-order valence-corrected chi connectivity index (χ1v) is 10.0. The number of hydrogen-bond donors (Lipinski definition) is 1. The van der Waals surface area contributed by atoms with E-state index in [1.54, 1.807) is 68.4 Å². The van der Waals surface area contributed by atoms with Crippen LogP contribution in [0.5, 0.6) is 5.75 Å². The van der Waals surface area contributed by atoms with Crippen LogP contribution in [0.2, 0.25) is 15.3 Å². The molecule has 30 heavy (non-hydrogen) atoms. The molecule has 3 aromatic rings. The van der Waals surface area contributed by atoms with E-state index in [0.717, 1.165) is 0 Å². The molecular weight excluding hydrogens is 447 g/mol. The number of aromatic nitrogens is 1. The summed E-state index contributed by atoms with van der Waals surface area (Å²) in [5.41, 5.74) is 0.129. The predicted octanol–water partition coefficient (Wildman–Crippen LogP) is 6.07. The zero-order chi connectivity index (χ0) is 21.9. The van der Waals surface area contributed by atoms with E-state index in [1.807, 2.05) is 0 Å². The van der Waals surface area contributed by atoms with Gasteiger partial charge in [-0.15, -0.1) is 0 Å². The molecule has 5 nitrogen and oxygen atoms in total. The van der Waals surface area contributed by atoms with Crippen LogP contribution in [0.4, 0.5) is 5.69 Å². The fraction of sp³-hybridized carbons (Fsp3) is 0.136. The Hall–Kier alpha value is -2.60. The van der Waals surface area contributed by atoms with Gasteiger partial charge in [0.05, 0.1) is 5.69 Å². The van der Waals surface area contributed by atoms with Crippen LogP contribution < -0.4 is 10.1 Å². The number of pyridine rings is 1. The second-order valence-corrected chi connectivity index (χ2v) is 8.08. The molecule has 8 heteroatoms. The maximum absolute atomic E-state index is 12.6. The second-order valence-electron chi connectivity index (χ2n) is 6.90. The number of ether oxygens (including phenoxy) is 1. The minimum absolute atomic E-state index is 0.0803. The summed E-state index contributed by atoms with van der Waals surface area (Å²) in [6.45, 7) is 3.23. The van der Waals surface area contributed by atoms with Gasteiger partial charge >= 0.3 is 0 Å². The number of carbonyl (C=O) groups excluding carboxylic acids is 2. The van der Waals surface area contributed by atoms with Crippen molar-refractivity contribution in [1.82, 2.24) is 4.98 Å². The molecule has 0 fully saturated rings. The van der Waals surface area contributed by atoms with Crippen molar-refractivity contribution < 1.29 is 14.3 Å². The number of carbonyl (C=O) groups is 2. The largest absolute Gasteiger partial charge is 0.478 e. The number of rotatable bonds is 6. The molecule has 2 aromatic carbocycles. The maximum Gasteiger partial charge on any atom is 0.268 e. The van der Waals surface area contributed by atoms with Crippen molar-refractivity contribution in [2.24, 2.45) is 0 Å². The van der Waals surface area contributed by atoms with Gasteiger partial charge in [0, 0.05) is 16.1 Å². The minimum Gasteiger partial charge on any atom is -0.478 e. The van der Waals surface area contributed by atoms with E-state index in [2.05, 4.69) is 10.3 Å². The topological polar surface area (TPSA) is 68.3 Å². The lowest BCUT2D eigenvalue weighted by Gasteiger charge is -2.25. The van der Waals surface area contributed by atoms with Crippen molar-refractivity contribution in [3.05, 3.63) is 87.1 Å². The van der Waals surface area contributed by atoms with Crippen LogP contribution in [0.25, 0.3) is 0 Å². The number of anilines is 1. The average molecular weight is 464 g/mol. The Balaban J connectivity index is 1.69. The lowest BCUT2D eigenvalue weighted by Crippen LogP contribution is -2.42. The van der Waals surface area contributed by atoms with Crippen molar-refractivity contribution in [3.63, 3.8) is 0 Å². The summed E-state index contributed by atoms with van der Waals surface area (Å²) in [5, 5.41) is 3.54. The fourth-order valence-corrected chi connectivity index (χ4v) is 3.08. The van der Waals surface area contributed by atoms with Gasteiger partial charge < -0.3 is 10.1 Å². The van der Waals surface area contributed by atoms with Crippen molar-refractivity contribution in [3.8, 4) is 5.75 Å². The van der Waals surface area contributed by atoms with Crippen LogP contribution >= 0.6 is 34.8 Å². The van der Waals surface area contributed by atoms with E-state index in [4.69, 9.17) is 39.5 Å². The lowest BCUT2D eigenvalue weighted by molar-refractivity contribution is -0.128. The van der Waals surface area contributed by atoms with Crippen LogP contribution in [0, 0.1) is 0 Å². The van der Waals surface area contributed by atoms with E-state index in [-0.39, 0.29) is 16.1 Å². The van der Waals surface area contributed by atoms with Gasteiger partial charge in [0.1, 0.15) is 10.9 Å². The van der Waals surface area contributed by atoms with Gasteiger partial charge in [-0.05, 0) is 74.5 Å². The van der Waals surface area contributed by atoms with Crippen LogP contribution in [-0.4, -0.2) is 22.3 Å². The molecule has 0 aliphatic heterocycles. The Morgan fingerprint density at radius 3 is 2.00 bits per heavy atom. The molecule has 0 saturated carbocycles. The third kappa shape index (κ3) is 5.30.